The highest BCUT2D eigenvalue weighted by Crippen LogP contribution is 2.32. The molecular formula is C26H22F5N5O2. The molecule has 12 heteroatoms. The van der Waals surface area contributed by atoms with Crippen molar-refractivity contribution in [3.8, 4) is 22.3 Å². The molecule has 1 atom stereocenters. The minimum Gasteiger partial charge on any atom is -0.394 e. The zero-order valence-electron chi connectivity index (χ0n) is 19.9. The number of nitrogens with one attached hydrogen (secondary N) is 1. The average molecular weight is 531 g/mol. The number of hydrogen-bond acceptors (Lipinski definition) is 5. The van der Waals surface area contributed by atoms with Gasteiger partial charge in [0.15, 0.2) is 0 Å². The minimum atomic E-state index is -2.82. The maximum Gasteiger partial charge on any atom is 0.333 e. The first-order valence-corrected chi connectivity index (χ1v) is 11.3. The summed E-state index contributed by atoms with van der Waals surface area (Å²) in [6.07, 6.45) is 2.64. The number of aliphatic hydroxyl groups excluding tert-OH is 1. The highest BCUT2D eigenvalue weighted by Gasteiger charge is 2.21. The van der Waals surface area contributed by atoms with Crippen molar-refractivity contribution in [1.82, 2.24) is 20.1 Å². The third kappa shape index (κ3) is 5.35. The van der Waals surface area contributed by atoms with Crippen LogP contribution in [0.2, 0.25) is 0 Å². The number of amides is 1. The molecule has 2 aromatic heterocycles. The molecule has 4 aromatic rings. The van der Waals surface area contributed by atoms with Crippen LogP contribution in [0.1, 0.15) is 39.8 Å². The van der Waals surface area contributed by atoms with Crippen molar-refractivity contribution in [2.45, 2.75) is 26.2 Å². The van der Waals surface area contributed by atoms with E-state index in [4.69, 9.17) is 5.73 Å². The van der Waals surface area contributed by atoms with Gasteiger partial charge in [0.1, 0.15) is 24.1 Å². The molecule has 0 saturated carbocycles. The molecule has 7 nitrogen and oxygen atoms in total. The number of nitrogen functional groups attached to an aromatic ring is 1. The lowest BCUT2D eigenvalue weighted by molar-refractivity contribution is 0.0545. The fraction of sp³-hybridized carbons (Fsp3) is 0.192. The summed E-state index contributed by atoms with van der Waals surface area (Å²) in [5, 5.41) is 15.8. The maximum absolute atomic E-state index is 15.0. The van der Waals surface area contributed by atoms with Crippen molar-refractivity contribution in [1.29, 1.82) is 0 Å². The van der Waals surface area contributed by atoms with Gasteiger partial charge in [-0.05, 0) is 53.9 Å². The summed E-state index contributed by atoms with van der Waals surface area (Å²) < 4.78 is 68.6. The lowest BCUT2D eigenvalue weighted by Crippen LogP contribution is -2.31. The van der Waals surface area contributed by atoms with Gasteiger partial charge in [-0.3, -0.25) is 4.79 Å². The summed E-state index contributed by atoms with van der Waals surface area (Å²) >= 11 is 0. The van der Waals surface area contributed by atoms with Gasteiger partial charge in [0, 0.05) is 28.6 Å². The van der Waals surface area contributed by atoms with Crippen LogP contribution in [0.15, 0.2) is 54.9 Å². The van der Waals surface area contributed by atoms with Crippen molar-refractivity contribution >= 4 is 11.7 Å². The molecular weight excluding hydrogens is 509 g/mol. The van der Waals surface area contributed by atoms with Crippen molar-refractivity contribution in [2.24, 2.45) is 0 Å². The predicted octanol–water partition coefficient (Wildman–Crippen LogP) is 5.11. The molecule has 2 heterocycles. The van der Waals surface area contributed by atoms with E-state index in [1.807, 2.05) is 0 Å². The van der Waals surface area contributed by atoms with Gasteiger partial charge in [0.25, 0.3) is 5.91 Å². The molecule has 38 heavy (non-hydrogen) atoms. The lowest BCUT2D eigenvalue weighted by atomic mass is 9.99. The number of carbonyl (C=O) groups excluding carboxylic acids is 1. The highest BCUT2D eigenvalue weighted by atomic mass is 19.3. The number of aliphatic hydroxyl groups is 1. The standard InChI is InChI=1S/C26H22F5N5O2/c1-13-21(11-34-36(13)26(30)31)17-7-20(24(32)33-10-17)15-2-3-19(22(29)8-15)25(38)35-23(12-37)16-4-14(9-27)5-18(28)6-16/h2-8,10-11,23,26,37H,9,12H2,1H3,(H2,32,33)(H,35,38)/t23-/m1/s1. The van der Waals surface area contributed by atoms with E-state index in [0.29, 0.717) is 21.4 Å². The van der Waals surface area contributed by atoms with Gasteiger partial charge in [0.05, 0.1) is 24.4 Å². The second-order valence-corrected chi connectivity index (χ2v) is 8.45. The zero-order valence-corrected chi connectivity index (χ0v) is 19.9. The first-order chi connectivity index (χ1) is 18.1. The van der Waals surface area contributed by atoms with Crippen LogP contribution in [0.4, 0.5) is 27.8 Å². The smallest absolute Gasteiger partial charge is 0.333 e. The van der Waals surface area contributed by atoms with Crippen molar-refractivity contribution in [3.05, 3.63) is 88.9 Å². The van der Waals surface area contributed by atoms with Crippen molar-refractivity contribution in [3.63, 3.8) is 0 Å². The maximum atomic E-state index is 15.0. The normalized spacial score (nSPS) is 12.1. The Morgan fingerprint density at radius 2 is 1.84 bits per heavy atom. The molecule has 0 aliphatic heterocycles. The van der Waals surface area contributed by atoms with Gasteiger partial charge in [-0.15, -0.1) is 0 Å². The number of anilines is 1. The van der Waals surface area contributed by atoms with Gasteiger partial charge in [-0.2, -0.15) is 13.9 Å². The van der Waals surface area contributed by atoms with Crippen LogP contribution in [0.3, 0.4) is 0 Å². The van der Waals surface area contributed by atoms with Crippen LogP contribution in [-0.2, 0) is 6.67 Å². The van der Waals surface area contributed by atoms with Crippen LogP contribution in [0, 0.1) is 18.6 Å². The van der Waals surface area contributed by atoms with E-state index in [2.05, 4.69) is 15.4 Å². The van der Waals surface area contributed by atoms with E-state index in [9.17, 15) is 27.5 Å². The number of carbonyl (C=O) groups is 1. The lowest BCUT2D eigenvalue weighted by Gasteiger charge is -2.18. The van der Waals surface area contributed by atoms with Gasteiger partial charge in [0.2, 0.25) is 0 Å². The Labute approximate surface area is 213 Å². The molecule has 0 saturated heterocycles. The Bertz CT molecular complexity index is 1490. The molecule has 198 valence electrons. The first kappa shape index (κ1) is 26.7. The van der Waals surface area contributed by atoms with Crippen LogP contribution in [0.25, 0.3) is 22.3 Å². The van der Waals surface area contributed by atoms with E-state index >= 15 is 4.39 Å². The summed E-state index contributed by atoms with van der Waals surface area (Å²) in [5.74, 6) is -2.52. The third-order valence-electron chi connectivity index (χ3n) is 6.01. The fourth-order valence-electron chi connectivity index (χ4n) is 4.05. The van der Waals surface area contributed by atoms with Crippen LogP contribution < -0.4 is 11.1 Å². The Hall–Kier alpha value is -4.32. The second-order valence-electron chi connectivity index (χ2n) is 8.45. The van der Waals surface area contributed by atoms with Crippen LogP contribution in [-0.4, -0.2) is 32.4 Å². The molecule has 1 amide bonds. The summed E-state index contributed by atoms with van der Waals surface area (Å²) in [7, 11) is 0. The monoisotopic (exact) mass is 531 g/mol. The molecule has 0 spiro atoms. The Kier molecular flexibility index (Phi) is 7.72. The van der Waals surface area contributed by atoms with E-state index < -0.39 is 43.4 Å². The highest BCUT2D eigenvalue weighted by molar-refractivity contribution is 5.95. The number of nitrogens with zero attached hydrogens (tertiary/aromatic N) is 3. The molecule has 0 unspecified atom stereocenters. The number of nitrogens with two attached hydrogens (primary N) is 1. The molecule has 0 aliphatic rings. The van der Waals surface area contributed by atoms with E-state index in [-0.39, 0.29) is 33.8 Å². The average Bonchev–Trinajstić information content (AvgIpc) is 3.28. The summed E-state index contributed by atoms with van der Waals surface area (Å²) in [6.45, 7) is -2.94. The number of rotatable bonds is 8. The van der Waals surface area contributed by atoms with Gasteiger partial charge in [-0.1, -0.05) is 12.1 Å². The van der Waals surface area contributed by atoms with Gasteiger partial charge in [-0.25, -0.2) is 22.8 Å². The molecule has 0 fully saturated rings. The molecule has 0 radical (unpaired) electrons. The summed E-state index contributed by atoms with van der Waals surface area (Å²) in [4.78, 5) is 16.8. The number of alkyl halides is 3. The van der Waals surface area contributed by atoms with Gasteiger partial charge < -0.3 is 16.2 Å². The minimum absolute atomic E-state index is 0.0217. The molecule has 4 rings (SSSR count). The second kappa shape index (κ2) is 11.0. The van der Waals surface area contributed by atoms with E-state index in [1.54, 1.807) is 6.07 Å². The number of hydrogen-bond donors (Lipinski definition) is 3. The fourth-order valence-corrected chi connectivity index (χ4v) is 4.05. The molecule has 2 aromatic carbocycles. The third-order valence-corrected chi connectivity index (χ3v) is 6.01. The molecule has 0 bridgehead atoms. The molecule has 4 N–H and O–H groups in total. The predicted molar refractivity (Wildman–Crippen MR) is 130 cm³/mol. The Morgan fingerprint density at radius 1 is 1.08 bits per heavy atom. The van der Waals surface area contributed by atoms with Crippen molar-refractivity contribution in [2.75, 3.05) is 12.3 Å². The van der Waals surface area contributed by atoms with Crippen LogP contribution in [0.5, 0.6) is 0 Å². The quantitative estimate of drug-likeness (QED) is 0.274. The zero-order chi connectivity index (χ0) is 27.6. The number of halogens is 5. The van der Waals surface area contributed by atoms with Crippen LogP contribution >= 0.6 is 0 Å². The Morgan fingerprint density at radius 3 is 2.47 bits per heavy atom. The summed E-state index contributed by atoms with van der Waals surface area (Å²) in [6, 6.07) is 7.41. The summed E-state index contributed by atoms with van der Waals surface area (Å²) in [5.41, 5.74) is 7.33. The van der Waals surface area contributed by atoms with E-state index in [1.165, 1.54) is 37.5 Å². The molecule has 0 aliphatic carbocycles. The number of aromatic nitrogens is 3. The number of pyridine rings is 1. The Balaban J connectivity index is 1.61. The number of benzene rings is 2. The van der Waals surface area contributed by atoms with E-state index in [0.717, 1.165) is 18.2 Å². The van der Waals surface area contributed by atoms with Gasteiger partial charge >= 0.3 is 6.55 Å². The topological polar surface area (TPSA) is 106 Å². The first-order valence-electron chi connectivity index (χ1n) is 11.3. The largest absolute Gasteiger partial charge is 0.394 e. The van der Waals surface area contributed by atoms with Crippen molar-refractivity contribution < 1.29 is 31.9 Å². The SMILES string of the molecule is Cc1c(-c2cnc(N)c(-c3ccc(C(=O)N[C@H](CO)c4cc(F)cc(CF)c4)c(F)c3)c2)cnn1C(F)F.